The van der Waals surface area contributed by atoms with Crippen molar-refractivity contribution in [2.75, 3.05) is 0 Å². The van der Waals surface area contributed by atoms with Crippen molar-refractivity contribution in [1.29, 1.82) is 0 Å². The summed E-state index contributed by atoms with van der Waals surface area (Å²) in [5.41, 5.74) is 0.300. The van der Waals surface area contributed by atoms with E-state index in [0.29, 0.717) is 12.0 Å². The van der Waals surface area contributed by atoms with Gasteiger partial charge in [0.1, 0.15) is 0 Å². The first kappa shape index (κ1) is 11.0. The van der Waals surface area contributed by atoms with Gasteiger partial charge in [-0.2, -0.15) is 13.2 Å². The molecule has 1 atom stereocenters. The molecule has 0 aromatic carbocycles. The molecular weight excluding hydrogens is 191 g/mol. The summed E-state index contributed by atoms with van der Waals surface area (Å²) in [7, 11) is 0. The predicted octanol–water partition coefficient (Wildman–Crippen LogP) is 3.53. The number of nitrogens with zero attached hydrogens (tertiary/aromatic N) is 1. The Morgan fingerprint density at radius 1 is 1.29 bits per heavy atom. The Balaban J connectivity index is 2.89. The summed E-state index contributed by atoms with van der Waals surface area (Å²) in [5.74, 6) is -1.35. The van der Waals surface area contributed by atoms with Gasteiger partial charge in [-0.1, -0.05) is 13.3 Å². The molecule has 0 bridgehead atoms. The number of halogens is 3. The van der Waals surface area contributed by atoms with E-state index < -0.39 is 12.1 Å². The molecule has 0 saturated carbocycles. The molecule has 14 heavy (non-hydrogen) atoms. The van der Waals surface area contributed by atoms with Gasteiger partial charge >= 0.3 is 6.18 Å². The van der Waals surface area contributed by atoms with Crippen LogP contribution in [-0.2, 0) is 0 Å². The van der Waals surface area contributed by atoms with Crippen LogP contribution in [0.3, 0.4) is 0 Å². The lowest BCUT2D eigenvalue weighted by Crippen LogP contribution is -2.20. The first-order chi connectivity index (χ1) is 6.55. The minimum Gasteiger partial charge on any atom is -0.265 e. The zero-order chi connectivity index (χ0) is 10.6. The van der Waals surface area contributed by atoms with Gasteiger partial charge in [-0.3, -0.25) is 4.98 Å². The van der Waals surface area contributed by atoms with Crippen LogP contribution in [0.15, 0.2) is 24.5 Å². The van der Waals surface area contributed by atoms with Crippen molar-refractivity contribution in [3.8, 4) is 0 Å². The molecular formula is C10H12F3N. The van der Waals surface area contributed by atoms with Gasteiger partial charge in [0, 0.05) is 12.4 Å². The maximum Gasteiger partial charge on any atom is 0.395 e. The van der Waals surface area contributed by atoms with Crippen LogP contribution in [0.2, 0.25) is 0 Å². The summed E-state index contributed by atoms with van der Waals surface area (Å²) in [6.07, 6.45) is -0.717. The lowest BCUT2D eigenvalue weighted by Gasteiger charge is -2.19. The van der Waals surface area contributed by atoms with E-state index in [9.17, 15) is 13.2 Å². The summed E-state index contributed by atoms with van der Waals surface area (Å²) in [5, 5.41) is 0. The molecule has 0 aliphatic rings. The number of aromatic nitrogens is 1. The highest BCUT2D eigenvalue weighted by molar-refractivity contribution is 5.17. The highest BCUT2D eigenvalue weighted by Gasteiger charge is 2.39. The normalized spacial score (nSPS) is 14.0. The fourth-order valence-corrected chi connectivity index (χ4v) is 1.40. The van der Waals surface area contributed by atoms with Crippen LogP contribution in [0.25, 0.3) is 0 Å². The molecule has 1 heterocycles. The Morgan fingerprint density at radius 3 is 2.29 bits per heavy atom. The van der Waals surface area contributed by atoms with Crippen LogP contribution in [0, 0.1) is 0 Å². The van der Waals surface area contributed by atoms with Gasteiger partial charge in [0.25, 0.3) is 0 Å². The quantitative estimate of drug-likeness (QED) is 0.732. The van der Waals surface area contributed by atoms with Crippen molar-refractivity contribution in [2.24, 2.45) is 0 Å². The highest BCUT2D eigenvalue weighted by Crippen LogP contribution is 2.37. The molecule has 4 heteroatoms. The topological polar surface area (TPSA) is 12.9 Å². The largest absolute Gasteiger partial charge is 0.395 e. The molecule has 1 rings (SSSR count). The van der Waals surface area contributed by atoms with E-state index in [2.05, 4.69) is 4.98 Å². The molecule has 1 nitrogen and oxygen atoms in total. The Morgan fingerprint density at radius 2 is 1.86 bits per heavy atom. The summed E-state index contributed by atoms with van der Waals surface area (Å²) in [4.78, 5) is 3.70. The second-order valence-electron chi connectivity index (χ2n) is 3.16. The van der Waals surface area contributed by atoms with E-state index in [1.165, 1.54) is 24.5 Å². The first-order valence-electron chi connectivity index (χ1n) is 4.52. The monoisotopic (exact) mass is 203 g/mol. The Kier molecular flexibility index (Phi) is 3.49. The van der Waals surface area contributed by atoms with Gasteiger partial charge in [-0.15, -0.1) is 0 Å². The van der Waals surface area contributed by atoms with Crippen molar-refractivity contribution >= 4 is 0 Å². The fourth-order valence-electron chi connectivity index (χ4n) is 1.40. The first-order valence-corrected chi connectivity index (χ1v) is 4.52. The Hall–Kier alpha value is -1.06. The lowest BCUT2D eigenvalue weighted by atomic mass is 9.95. The van der Waals surface area contributed by atoms with Gasteiger partial charge in [-0.05, 0) is 24.1 Å². The zero-order valence-electron chi connectivity index (χ0n) is 7.88. The van der Waals surface area contributed by atoms with Crippen molar-refractivity contribution in [1.82, 2.24) is 4.98 Å². The molecule has 0 aliphatic heterocycles. The van der Waals surface area contributed by atoms with Gasteiger partial charge in [0.05, 0.1) is 5.92 Å². The minimum absolute atomic E-state index is 0.132. The summed E-state index contributed by atoms with van der Waals surface area (Å²) in [6.45, 7) is 1.75. The van der Waals surface area contributed by atoms with Gasteiger partial charge in [0.15, 0.2) is 0 Å². The summed E-state index contributed by atoms with van der Waals surface area (Å²) >= 11 is 0. The van der Waals surface area contributed by atoms with Crippen LogP contribution in [0.1, 0.15) is 31.2 Å². The van der Waals surface area contributed by atoms with E-state index in [4.69, 9.17) is 0 Å². The zero-order valence-corrected chi connectivity index (χ0v) is 7.88. The number of hydrogen-bond acceptors (Lipinski definition) is 1. The van der Waals surface area contributed by atoms with Crippen molar-refractivity contribution in [2.45, 2.75) is 31.9 Å². The van der Waals surface area contributed by atoms with Gasteiger partial charge in [0.2, 0.25) is 0 Å². The highest BCUT2D eigenvalue weighted by atomic mass is 19.4. The minimum atomic E-state index is -4.16. The molecule has 0 aliphatic carbocycles. The molecule has 0 saturated heterocycles. The Labute approximate surface area is 81.0 Å². The van der Waals surface area contributed by atoms with Gasteiger partial charge < -0.3 is 0 Å². The molecule has 78 valence electrons. The van der Waals surface area contributed by atoms with Crippen LogP contribution in [0.5, 0.6) is 0 Å². The van der Waals surface area contributed by atoms with E-state index in [1.54, 1.807) is 6.92 Å². The maximum atomic E-state index is 12.6. The van der Waals surface area contributed by atoms with Crippen LogP contribution in [0.4, 0.5) is 13.2 Å². The fraction of sp³-hybridized carbons (Fsp3) is 0.500. The Bertz CT molecular complexity index is 268. The molecule has 0 radical (unpaired) electrons. The number of alkyl halides is 3. The van der Waals surface area contributed by atoms with Crippen molar-refractivity contribution in [3.05, 3.63) is 30.1 Å². The predicted molar refractivity (Wildman–Crippen MR) is 47.9 cm³/mol. The van der Waals surface area contributed by atoms with E-state index in [-0.39, 0.29) is 6.42 Å². The maximum absolute atomic E-state index is 12.6. The second kappa shape index (κ2) is 4.44. The molecule has 1 aromatic heterocycles. The lowest BCUT2D eigenvalue weighted by molar-refractivity contribution is -0.152. The molecule has 1 aromatic rings. The number of hydrogen-bond donors (Lipinski definition) is 0. The SMILES string of the molecule is CCCC(c1ccncc1)C(F)(F)F. The van der Waals surface area contributed by atoms with Crippen molar-refractivity contribution in [3.63, 3.8) is 0 Å². The molecule has 0 amide bonds. The van der Waals surface area contributed by atoms with Crippen LogP contribution in [-0.4, -0.2) is 11.2 Å². The number of pyridine rings is 1. The van der Waals surface area contributed by atoms with Crippen LogP contribution >= 0.6 is 0 Å². The van der Waals surface area contributed by atoms with E-state index >= 15 is 0 Å². The summed E-state index contributed by atoms with van der Waals surface area (Å²) in [6, 6.07) is 2.85. The summed E-state index contributed by atoms with van der Waals surface area (Å²) < 4.78 is 37.7. The number of rotatable bonds is 3. The third-order valence-electron chi connectivity index (χ3n) is 2.08. The molecule has 0 fully saturated rings. The van der Waals surface area contributed by atoms with Crippen molar-refractivity contribution < 1.29 is 13.2 Å². The second-order valence-corrected chi connectivity index (χ2v) is 3.16. The smallest absolute Gasteiger partial charge is 0.265 e. The molecule has 0 spiro atoms. The molecule has 0 N–H and O–H groups in total. The van der Waals surface area contributed by atoms with Crippen LogP contribution < -0.4 is 0 Å². The van der Waals surface area contributed by atoms with Gasteiger partial charge in [-0.25, -0.2) is 0 Å². The molecule has 1 unspecified atom stereocenters. The average molecular weight is 203 g/mol. The van der Waals surface area contributed by atoms with E-state index in [0.717, 1.165) is 0 Å². The third kappa shape index (κ3) is 2.72. The standard InChI is InChI=1S/C10H12F3N/c1-2-3-9(10(11,12)13)8-4-6-14-7-5-8/h4-7,9H,2-3H2,1H3. The van der Waals surface area contributed by atoms with E-state index in [1.807, 2.05) is 0 Å². The third-order valence-corrected chi connectivity index (χ3v) is 2.08. The average Bonchev–Trinajstić information content (AvgIpc) is 2.14.